The molecule has 1 aromatic carbocycles. The highest BCUT2D eigenvalue weighted by molar-refractivity contribution is 7.98. The topological polar surface area (TPSA) is 78.4 Å². The van der Waals surface area contributed by atoms with Crippen molar-refractivity contribution >= 4 is 51.7 Å². The maximum absolute atomic E-state index is 6.65. The number of halogens is 2. The molecule has 3 aromatic rings. The molecule has 0 amide bonds. The van der Waals surface area contributed by atoms with E-state index in [1.54, 1.807) is 26.5 Å². The van der Waals surface area contributed by atoms with Gasteiger partial charge >= 0.3 is 0 Å². The third-order valence-corrected chi connectivity index (χ3v) is 6.77. The molecular weight excluding hydrogens is 471 g/mol. The fourth-order valence-electron chi connectivity index (χ4n) is 3.67. The smallest absolute Gasteiger partial charge is 0.187 e. The zero-order valence-corrected chi connectivity index (χ0v) is 20.4. The first kappa shape index (κ1) is 23.2. The molecule has 1 saturated heterocycles. The first-order valence-corrected chi connectivity index (χ1v) is 12.2. The van der Waals surface area contributed by atoms with E-state index in [9.17, 15) is 0 Å². The molecule has 0 bridgehead atoms. The quantitative estimate of drug-likeness (QED) is 0.337. The molecule has 1 aliphatic rings. The van der Waals surface area contributed by atoms with Gasteiger partial charge in [-0.3, -0.25) is 0 Å². The molecule has 4 rings (SSSR count). The molecular formula is C22H24Cl2N4O3S. The predicted octanol–water partition coefficient (Wildman–Crippen LogP) is 5.58. The van der Waals surface area contributed by atoms with Crippen molar-refractivity contribution in [3.8, 4) is 22.8 Å². The van der Waals surface area contributed by atoms with E-state index in [2.05, 4.69) is 10.3 Å². The lowest BCUT2D eigenvalue weighted by Crippen LogP contribution is -2.23. The Morgan fingerprint density at radius 1 is 1.09 bits per heavy atom. The van der Waals surface area contributed by atoms with Crippen LogP contribution in [0.4, 0.5) is 5.82 Å². The Morgan fingerprint density at radius 3 is 2.41 bits per heavy atom. The summed E-state index contributed by atoms with van der Waals surface area (Å²) in [5, 5.41) is 5.74. The number of hydrogen-bond acceptors (Lipinski definition) is 8. The number of benzene rings is 1. The molecule has 1 fully saturated rings. The summed E-state index contributed by atoms with van der Waals surface area (Å²) in [5.41, 5.74) is 1.87. The van der Waals surface area contributed by atoms with E-state index in [0.717, 1.165) is 43.5 Å². The second-order valence-corrected chi connectivity index (χ2v) is 8.90. The summed E-state index contributed by atoms with van der Waals surface area (Å²) >= 11 is 14.8. The largest absolute Gasteiger partial charge is 0.495 e. The van der Waals surface area contributed by atoms with E-state index in [1.165, 1.54) is 11.8 Å². The van der Waals surface area contributed by atoms with Crippen LogP contribution in [0.1, 0.15) is 12.8 Å². The number of fused-ring (bicyclic) bond motifs is 1. The Bertz CT molecular complexity index is 1100. The minimum atomic E-state index is 0.363. The van der Waals surface area contributed by atoms with Crippen molar-refractivity contribution < 1.29 is 14.2 Å². The van der Waals surface area contributed by atoms with Crippen LogP contribution in [0.2, 0.25) is 10.0 Å². The zero-order valence-electron chi connectivity index (χ0n) is 18.1. The Kier molecular flexibility index (Phi) is 7.45. The Labute approximate surface area is 201 Å². The maximum atomic E-state index is 6.65. The summed E-state index contributed by atoms with van der Waals surface area (Å²) in [6.45, 7) is 2.35. The standard InChI is InChI=1S/C22H24Cl2N4O3S/c1-29-15-9-16(30-2)19(24)17(18(15)23)14-8-13-11-26-22(32-3)28-20(13)21(27-14)25-10-12-4-6-31-7-5-12/h8-9,11-12H,4-7,10H2,1-3H3,(H,25,27). The monoisotopic (exact) mass is 494 g/mol. The number of thioether (sulfide) groups is 1. The van der Waals surface area contributed by atoms with Crippen molar-refractivity contribution in [2.75, 3.05) is 45.6 Å². The second-order valence-electron chi connectivity index (χ2n) is 7.37. The molecule has 10 heteroatoms. The van der Waals surface area contributed by atoms with Crippen LogP contribution in [0.3, 0.4) is 0 Å². The van der Waals surface area contributed by atoms with Gasteiger partial charge in [0.1, 0.15) is 17.0 Å². The summed E-state index contributed by atoms with van der Waals surface area (Å²) in [4.78, 5) is 14.0. The number of methoxy groups -OCH3 is 2. The molecule has 2 aromatic heterocycles. The number of nitrogens with one attached hydrogen (secondary N) is 1. The highest BCUT2D eigenvalue weighted by Gasteiger charge is 2.22. The van der Waals surface area contributed by atoms with Crippen molar-refractivity contribution in [2.45, 2.75) is 18.0 Å². The van der Waals surface area contributed by atoms with Crippen LogP contribution >= 0.6 is 35.0 Å². The van der Waals surface area contributed by atoms with E-state index in [0.29, 0.717) is 49.7 Å². The van der Waals surface area contributed by atoms with Gasteiger partial charge in [0.05, 0.1) is 30.0 Å². The van der Waals surface area contributed by atoms with Gasteiger partial charge in [0, 0.05) is 43.0 Å². The number of hydrogen-bond donors (Lipinski definition) is 1. The Hall–Kier alpha value is -2.00. The fraction of sp³-hybridized carbons (Fsp3) is 0.409. The van der Waals surface area contributed by atoms with Crippen LogP contribution in [-0.2, 0) is 4.74 Å². The van der Waals surface area contributed by atoms with Crippen LogP contribution in [0, 0.1) is 5.92 Å². The van der Waals surface area contributed by atoms with Crippen molar-refractivity contribution in [1.29, 1.82) is 0 Å². The van der Waals surface area contributed by atoms with Gasteiger partial charge in [-0.15, -0.1) is 0 Å². The summed E-state index contributed by atoms with van der Waals surface area (Å²) in [6, 6.07) is 3.54. The Balaban J connectivity index is 1.84. The highest BCUT2D eigenvalue weighted by Crippen LogP contribution is 2.46. The third kappa shape index (κ3) is 4.69. The van der Waals surface area contributed by atoms with Gasteiger partial charge < -0.3 is 19.5 Å². The summed E-state index contributed by atoms with van der Waals surface area (Å²) in [7, 11) is 3.09. The molecule has 32 heavy (non-hydrogen) atoms. The summed E-state index contributed by atoms with van der Waals surface area (Å²) in [5.74, 6) is 2.08. The Morgan fingerprint density at radius 2 is 1.78 bits per heavy atom. The van der Waals surface area contributed by atoms with Gasteiger partial charge in [0.2, 0.25) is 0 Å². The second kappa shape index (κ2) is 10.3. The van der Waals surface area contributed by atoms with Crippen LogP contribution in [-0.4, -0.2) is 55.2 Å². The van der Waals surface area contributed by atoms with Crippen molar-refractivity contribution in [3.63, 3.8) is 0 Å². The number of nitrogens with zero attached hydrogens (tertiary/aromatic N) is 3. The highest BCUT2D eigenvalue weighted by atomic mass is 35.5. The fourth-order valence-corrected chi connectivity index (χ4v) is 4.71. The summed E-state index contributed by atoms with van der Waals surface area (Å²) in [6.07, 6.45) is 5.76. The molecule has 0 atom stereocenters. The van der Waals surface area contributed by atoms with E-state index < -0.39 is 0 Å². The molecule has 1 aliphatic heterocycles. The number of ether oxygens (including phenoxy) is 3. The van der Waals surface area contributed by atoms with Crippen LogP contribution in [0.25, 0.3) is 22.2 Å². The lowest BCUT2D eigenvalue weighted by Gasteiger charge is -2.23. The van der Waals surface area contributed by atoms with Crippen molar-refractivity contribution in [1.82, 2.24) is 15.0 Å². The molecule has 3 heterocycles. The first-order valence-electron chi connectivity index (χ1n) is 10.2. The van der Waals surface area contributed by atoms with Gasteiger partial charge in [0.25, 0.3) is 0 Å². The van der Waals surface area contributed by atoms with Crippen LogP contribution < -0.4 is 14.8 Å². The summed E-state index contributed by atoms with van der Waals surface area (Å²) < 4.78 is 16.3. The van der Waals surface area contributed by atoms with Crippen LogP contribution in [0.5, 0.6) is 11.5 Å². The molecule has 0 spiro atoms. The molecule has 1 N–H and O–H groups in total. The van der Waals surface area contributed by atoms with Gasteiger partial charge in [-0.1, -0.05) is 35.0 Å². The number of rotatable bonds is 7. The average Bonchev–Trinajstić information content (AvgIpc) is 2.83. The van der Waals surface area contributed by atoms with Crippen molar-refractivity contribution in [3.05, 3.63) is 28.4 Å². The molecule has 7 nitrogen and oxygen atoms in total. The molecule has 0 unspecified atom stereocenters. The molecule has 170 valence electrons. The minimum Gasteiger partial charge on any atom is -0.495 e. The SMILES string of the molecule is COc1cc(OC)c(Cl)c(-c2cc3cnc(SC)nc3c(NCC3CCOCC3)n2)c1Cl. The first-order chi connectivity index (χ1) is 15.5. The van der Waals surface area contributed by atoms with E-state index >= 15 is 0 Å². The van der Waals surface area contributed by atoms with E-state index in [-0.39, 0.29) is 0 Å². The maximum Gasteiger partial charge on any atom is 0.187 e. The predicted molar refractivity (Wildman–Crippen MR) is 130 cm³/mol. The van der Waals surface area contributed by atoms with E-state index in [1.807, 2.05) is 12.3 Å². The van der Waals surface area contributed by atoms with Gasteiger partial charge in [-0.25, -0.2) is 15.0 Å². The number of anilines is 1. The molecule has 0 radical (unpaired) electrons. The normalized spacial score (nSPS) is 14.5. The average molecular weight is 495 g/mol. The lowest BCUT2D eigenvalue weighted by atomic mass is 10.0. The van der Waals surface area contributed by atoms with Crippen LogP contribution in [0.15, 0.2) is 23.5 Å². The number of aromatic nitrogens is 3. The molecule has 0 saturated carbocycles. The van der Waals surface area contributed by atoms with Gasteiger partial charge in [-0.2, -0.15) is 0 Å². The zero-order chi connectivity index (χ0) is 22.7. The molecule has 0 aliphatic carbocycles. The van der Waals surface area contributed by atoms with Gasteiger partial charge in [0.15, 0.2) is 11.0 Å². The third-order valence-electron chi connectivity index (χ3n) is 5.46. The van der Waals surface area contributed by atoms with Gasteiger partial charge in [-0.05, 0) is 31.1 Å². The number of pyridine rings is 1. The lowest BCUT2D eigenvalue weighted by molar-refractivity contribution is 0.0699. The van der Waals surface area contributed by atoms with E-state index in [4.69, 9.17) is 47.4 Å². The van der Waals surface area contributed by atoms with Crippen molar-refractivity contribution in [2.24, 2.45) is 5.92 Å². The minimum absolute atomic E-state index is 0.363.